The van der Waals surface area contributed by atoms with E-state index in [2.05, 4.69) is 32.7 Å². The highest BCUT2D eigenvalue weighted by Crippen LogP contribution is 2.17. The third-order valence-corrected chi connectivity index (χ3v) is 5.82. The number of anilines is 1. The molecule has 3 heterocycles. The molecule has 7 nitrogen and oxygen atoms in total. The molecule has 1 aliphatic heterocycles. The van der Waals surface area contributed by atoms with Gasteiger partial charge in [0.2, 0.25) is 0 Å². The SMILES string of the molecule is C=C/C(=C\c1c(N)ccc(=O)n1CCN1CCC(NCc2ccc(Br)o2)CC1)OC. The minimum atomic E-state index is -0.0730. The highest BCUT2D eigenvalue weighted by atomic mass is 79.9. The van der Waals surface area contributed by atoms with Gasteiger partial charge >= 0.3 is 0 Å². The molecule has 0 aromatic carbocycles. The van der Waals surface area contributed by atoms with Crippen molar-refractivity contribution in [3.8, 4) is 0 Å². The van der Waals surface area contributed by atoms with Gasteiger partial charge in [0, 0.05) is 31.3 Å². The molecule has 0 unspecified atom stereocenters. The summed E-state index contributed by atoms with van der Waals surface area (Å²) in [7, 11) is 1.57. The predicted molar refractivity (Wildman–Crippen MR) is 123 cm³/mol. The number of aromatic nitrogens is 1. The molecule has 3 rings (SSSR count). The second kappa shape index (κ2) is 10.7. The number of piperidine rings is 1. The summed E-state index contributed by atoms with van der Waals surface area (Å²) < 4.78 is 13.3. The molecule has 30 heavy (non-hydrogen) atoms. The van der Waals surface area contributed by atoms with Crippen molar-refractivity contribution in [1.29, 1.82) is 0 Å². The Bertz CT molecular complexity index is 942. The lowest BCUT2D eigenvalue weighted by Gasteiger charge is -2.32. The van der Waals surface area contributed by atoms with E-state index in [1.807, 2.05) is 12.1 Å². The van der Waals surface area contributed by atoms with Crippen LogP contribution in [0.4, 0.5) is 5.69 Å². The van der Waals surface area contributed by atoms with Crippen molar-refractivity contribution in [2.24, 2.45) is 0 Å². The minimum Gasteiger partial charge on any atom is -0.497 e. The number of allylic oxidation sites excluding steroid dienone is 1. The Balaban J connectivity index is 1.55. The molecule has 0 bridgehead atoms. The van der Waals surface area contributed by atoms with Gasteiger partial charge < -0.3 is 29.7 Å². The smallest absolute Gasteiger partial charge is 0.251 e. The zero-order chi connectivity index (χ0) is 21.5. The number of nitrogens with two attached hydrogens (primary N) is 1. The lowest BCUT2D eigenvalue weighted by atomic mass is 10.0. The number of ether oxygens (including phenoxy) is 1. The van der Waals surface area contributed by atoms with Crippen LogP contribution in [-0.2, 0) is 17.8 Å². The summed E-state index contributed by atoms with van der Waals surface area (Å²) in [6.45, 7) is 7.79. The van der Waals surface area contributed by atoms with Crippen molar-refractivity contribution < 1.29 is 9.15 Å². The third-order valence-electron chi connectivity index (χ3n) is 5.40. The predicted octanol–water partition coefficient (Wildman–Crippen LogP) is 3.21. The van der Waals surface area contributed by atoms with E-state index < -0.39 is 0 Å². The number of halogens is 1. The fraction of sp³-hybridized carbons (Fsp3) is 0.409. The Morgan fingerprint density at radius 3 is 2.73 bits per heavy atom. The number of rotatable bonds is 9. The molecule has 2 aromatic rings. The Labute approximate surface area is 185 Å². The molecule has 0 amide bonds. The van der Waals surface area contributed by atoms with Crippen LogP contribution >= 0.6 is 15.9 Å². The first-order valence-electron chi connectivity index (χ1n) is 10.1. The molecule has 3 N–H and O–H groups in total. The Kier molecular flexibility index (Phi) is 7.95. The van der Waals surface area contributed by atoms with Crippen molar-refractivity contribution in [3.05, 3.63) is 69.2 Å². The number of hydrogen-bond acceptors (Lipinski definition) is 6. The molecular weight excluding hydrogens is 448 g/mol. The summed E-state index contributed by atoms with van der Waals surface area (Å²) in [5.74, 6) is 1.50. The van der Waals surface area contributed by atoms with Gasteiger partial charge in [-0.2, -0.15) is 0 Å². The molecule has 2 aromatic heterocycles. The molecule has 0 aliphatic carbocycles. The number of methoxy groups -OCH3 is 1. The number of nitrogens with one attached hydrogen (secondary N) is 1. The van der Waals surface area contributed by atoms with Gasteiger partial charge in [-0.25, -0.2) is 0 Å². The van der Waals surface area contributed by atoms with Crippen molar-refractivity contribution in [3.63, 3.8) is 0 Å². The van der Waals surface area contributed by atoms with E-state index in [0.717, 1.165) is 49.5 Å². The molecule has 0 saturated carbocycles. The Hall–Kier alpha value is -2.29. The van der Waals surface area contributed by atoms with E-state index in [1.165, 1.54) is 6.07 Å². The molecule has 8 heteroatoms. The first kappa shape index (κ1) is 22.4. The number of hydrogen-bond donors (Lipinski definition) is 2. The van der Waals surface area contributed by atoms with Crippen molar-refractivity contribution >= 4 is 27.7 Å². The molecule has 162 valence electrons. The first-order chi connectivity index (χ1) is 14.5. The quantitative estimate of drug-likeness (QED) is 0.426. The standard InChI is InChI=1S/C22H29BrN4O3/c1-3-17(29-2)14-20-19(24)5-7-22(28)27(20)13-12-26-10-8-16(9-11-26)25-15-18-4-6-21(23)30-18/h3-7,14,16,25H,1,8-13,15,24H2,2H3/b17-14+. The van der Waals surface area contributed by atoms with Crippen molar-refractivity contribution in [1.82, 2.24) is 14.8 Å². The van der Waals surface area contributed by atoms with Crippen LogP contribution in [0.3, 0.4) is 0 Å². The monoisotopic (exact) mass is 476 g/mol. The van der Waals surface area contributed by atoms with E-state index in [1.54, 1.807) is 29.9 Å². The van der Waals surface area contributed by atoms with Gasteiger partial charge in [0.1, 0.15) is 11.5 Å². The zero-order valence-electron chi connectivity index (χ0n) is 17.3. The fourth-order valence-electron chi connectivity index (χ4n) is 3.63. The van der Waals surface area contributed by atoms with Crippen LogP contribution in [0.15, 0.2) is 56.6 Å². The molecule has 1 fully saturated rings. The summed E-state index contributed by atoms with van der Waals surface area (Å²) >= 11 is 3.33. The Morgan fingerprint density at radius 2 is 2.10 bits per heavy atom. The molecule has 0 atom stereocenters. The fourth-order valence-corrected chi connectivity index (χ4v) is 3.97. The molecule has 0 spiro atoms. The molecule has 1 saturated heterocycles. The highest BCUT2D eigenvalue weighted by Gasteiger charge is 2.19. The maximum atomic E-state index is 12.5. The van der Waals surface area contributed by atoms with Gasteiger partial charge in [0.25, 0.3) is 5.56 Å². The average Bonchev–Trinajstić information content (AvgIpc) is 3.18. The minimum absolute atomic E-state index is 0.0730. The van der Waals surface area contributed by atoms with Crippen LogP contribution in [0.25, 0.3) is 6.08 Å². The largest absolute Gasteiger partial charge is 0.497 e. The second-order valence-corrected chi connectivity index (χ2v) is 8.10. The summed E-state index contributed by atoms with van der Waals surface area (Å²) in [4.78, 5) is 14.9. The van der Waals surface area contributed by atoms with E-state index in [0.29, 0.717) is 29.7 Å². The maximum absolute atomic E-state index is 12.5. The number of likely N-dealkylation sites (tertiary alicyclic amines) is 1. The molecular formula is C22H29BrN4O3. The summed E-state index contributed by atoms with van der Waals surface area (Å²) in [5, 5.41) is 3.56. The summed E-state index contributed by atoms with van der Waals surface area (Å²) in [6, 6.07) is 7.50. The van der Waals surface area contributed by atoms with Crippen molar-refractivity contribution in [2.75, 3.05) is 32.5 Å². The first-order valence-corrected chi connectivity index (χ1v) is 10.9. The maximum Gasteiger partial charge on any atom is 0.251 e. The number of furan rings is 1. The lowest BCUT2D eigenvalue weighted by molar-refractivity contribution is 0.189. The van der Waals surface area contributed by atoms with E-state index >= 15 is 0 Å². The summed E-state index contributed by atoms with van der Waals surface area (Å²) in [6.07, 6.45) is 5.48. The third kappa shape index (κ3) is 5.87. The van der Waals surface area contributed by atoms with Crippen LogP contribution in [0.5, 0.6) is 0 Å². The summed E-state index contributed by atoms with van der Waals surface area (Å²) in [5.41, 5.74) is 7.25. The van der Waals surface area contributed by atoms with E-state index in [4.69, 9.17) is 14.9 Å². The van der Waals surface area contributed by atoms with Crippen LogP contribution in [0, 0.1) is 0 Å². The van der Waals surface area contributed by atoms with Crippen LogP contribution in [0.2, 0.25) is 0 Å². The zero-order valence-corrected chi connectivity index (χ0v) is 18.9. The highest BCUT2D eigenvalue weighted by molar-refractivity contribution is 9.10. The number of pyridine rings is 1. The molecule has 0 radical (unpaired) electrons. The van der Waals surface area contributed by atoms with Crippen molar-refractivity contribution in [2.45, 2.75) is 32.0 Å². The number of nitrogens with zero attached hydrogens (tertiary/aromatic N) is 2. The number of nitrogen functional groups attached to an aromatic ring is 1. The van der Waals surface area contributed by atoms with Crippen LogP contribution in [-0.4, -0.2) is 42.3 Å². The lowest BCUT2D eigenvalue weighted by Crippen LogP contribution is -2.43. The van der Waals surface area contributed by atoms with E-state index in [-0.39, 0.29) is 5.56 Å². The normalized spacial score (nSPS) is 16.0. The van der Waals surface area contributed by atoms with Crippen LogP contribution < -0.4 is 16.6 Å². The van der Waals surface area contributed by atoms with Gasteiger partial charge in [0.05, 0.1) is 25.0 Å². The van der Waals surface area contributed by atoms with Gasteiger partial charge in [-0.1, -0.05) is 6.58 Å². The van der Waals surface area contributed by atoms with Gasteiger partial charge in [-0.05, 0) is 66.1 Å². The van der Waals surface area contributed by atoms with E-state index in [9.17, 15) is 4.79 Å². The average molecular weight is 477 g/mol. The van der Waals surface area contributed by atoms with Gasteiger partial charge in [0.15, 0.2) is 4.67 Å². The molecule has 1 aliphatic rings. The Morgan fingerprint density at radius 1 is 1.33 bits per heavy atom. The second-order valence-electron chi connectivity index (χ2n) is 7.32. The van der Waals surface area contributed by atoms with Gasteiger partial charge in [-0.15, -0.1) is 0 Å². The topological polar surface area (TPSA) is 85.7 Å². The van der Waals surface area contributed by atoms with Gasteiger partial charge in [-0.3, -0.25) is 4.79 Å². The van der Waals surface area contributed by atoms with Crippen LogP contribution in [0.1, 0.15) is 24.3 Å².